The summed E-state index contributed by atoms with van der Waals surface area (Å²) in [5, 5.41) is 9.84. The molecule has 0 bridgehead atoms. The van der Waals surface area contributed by atoms with E-state index in [0.717, 1.165) is 129 Å². The van der Waals surface area contributed by atoms with Gasteiger partial charge in [0.25, 0.3) is 0 Å². The Morgan fingerprint density at radius 3 is 1.32 bits per heavy atom. The number of carbonyl (C=O) groups excluding carboxylic acids is 2. The Labute approximate surface area is 347 Å². The summed E-state index contributed by atoms with van der Waals surface area (Å²) in [6.45, 7) is 9.99. The first kappa shape index (κ1) is 54.8. The zero-order chi connectivity index (χ0) is 41.4. The molecule has 0 aliphatic heterocycles. The molecular weight excluding hydrogens is 725 g/mol. The molecule has 334 valence electrons. The number of sulfonamides is 1. The molecule has 0 aromatic heterocycles. The smallest absolute Gasteiger partial charge is 0.306 e. The normalized spacial score (nSPS) is 12.0. The number of carbonyl (C=O) groups is 2. The Balaban J connectivity index is 4.39. The third-order valence-corrected chi connectivity index (χ3v) is 11.9. The zero-order valence-corrected chi connectivity index (χ0v) is 38.2. The molecule has 0 aromatic carbocycles. The number of hydrogen-bond acceptors (Lipinski definition) is 8. The van der Waals surface area contributed by atoms with Crippen LogP contribution < -0.4 is 0 Å². The highest BCUT2D eigenvalue weighted by Crippen LogP contribution is 2.19. The van der Waals surface area contributed by atoms with Gasteiger partial charge < -0.3 is 14.4 Å². The van der Waals surface area contributed by atoms with Crippen molar-refractivity contribution in [2.45, 2.75) is 245 Å². The summed E-state index contributed by atoms with van der Waals surface area (Å²) in [6, 6.07) is 0. The highest BCUT2D eigenvalue weighted by Gasteiger charge is 2.16. The summed E-state index contributed by atoms with van der Waals surface area (Å²) in [6.07, 6.45) is 38.6. The maximum Gasteiger partial charge on any atom is 0.306 e. The van der Waals surface area contributed by atoms with Gasteiger partial charge in [0.2, 0.25) is 10.0 Å². The number of nitrogens with zero attached hydrogens (tertiary/aromatic N) is 2. The van der Waals surface area contributed by atoms with Crippen LogP contribution in [0, 0.1) is 0 Å². The van der Waals surface area contributed by atoms with Crippen LogP contribution in [-0.4, -0.2) is 80.1 Å². The van der Waals surface area contributed by atoms with Gasteiger partial charge in [0.15, 0.2) is 0 Å². The van der Waals surface area contributed by atoms with Gasteiger partial charge in [-0.2, -0.15) is 0 Å². The van der Waals surface area contributed by atoms with Crippen LogP contribution in [0.3, 0.4) is 0 Å². The van der Waals surface area contributed by atoms with Crippen molar-refractivity contribution in [1.82, 2.24) is 9.37 Å². The molecule has 0 unspecified atom stereocenters. The van der Waals surface area contributed by atoms with Crippen LogP contribution in [0.4, 0.5) is 0 Å². The van der Waals surface area contributed by atoms with E-state index < -0.39 is 10.0 Å². The molecule has 0 radical (unpaired) electrons. The molecule has 0 aliphatic rings. The Morgan fingerprint density at radius 1 is 0.482 bits per heavy atom. The summed E-state index contributed by atoms with van der Waals surface area (Å²) < 4.78 is 35.1. The maximum atomic E-state index is 12.8. The number of esters is 2. The molecule has 56 heavy (non-hydrogen) atoms. The zero-order valence-electron chi connectivity index (χ0n) is 37.4. The van der Waals surface area contributed by atoms with E-state index in [1.54, 1.807) is 0 Å². The van der Waals surface area contributed by atoms with E-state index in [4.69, 9.17) is 9.47 Å². The van der Waals surface area contributed by atoms with Crippen LogP contribution in [0.5, 0.6) is 0 Å². The molecule has 0 atom stereocenters. The standard InChI is InChI=1S/C46H92N2O7S/c1-5-8-11-14-17-26-33-43-54-45(49)37-29-22-18-24-31-39-47(41-34-42-48(51)56(4,52)53)40-32-25-19-23-30-38-46(50)55-44(35-27-20-15-12-9-6-2)36-28-21-16-13-10-7-3/h44,51H,5-43H2,1-4H3. The molecule has 9 nitrogen and oxygen atoms in total. The Bertz CT molecular complexity index is 965. The predicted octanol–water partition coefficient (Wildman–Crippen LogP) is 12.7. The van der Waals surface area contributed by atoms with Gasteiger partial charge in [-0.3, -0.25) is 14.8 Å². The molecule has 0 spiro atoms. The van der Waals surface area contributed by atoms with Crippen molar-refractivity contribution in [3.05, 3.63) is 0 Å². The second-order valence-corrected chi connectivity index (χ2v) is 18.5. The van der Waals surface area contributed by atoms with E-state index in [1.807, 2.05) is 0 Å². The van der Waals surface area contributed by atoms with Crippen molar-refractivity contribution in [1.29, 1.82) is 0 Å². The first-order valence-electron chi connectivity index (χ1n) is 23.9. The monoisotopic (exact) mass is 817 g/mol. The lowest BCUT2D eigenvalue weighted by Gasteiger charge is -2.23. The summed E-state index contributed by atoms with van der Waals surface area (Å²) >= 11 is 0. The lowest BCUT2D eigenvalue weighted by atomic mass is 10.0. The van der Waals surface area contributed by atoms with Gasteiger partial charge in [0.1, 0.15) is 6.10 Å². The molecule has 0 fully saturated rings. The minimum absolute atomic E-state index is 0.0242. The first-order chi connectivity index (χ1) is 27.1. The summed E-state index contributed by atoms with van der Waals surface area (Å²) in [5.74, 6) is -0.0933. The van der Waals surface area contributed by atoms with Crippen molar-refractivity contribution < 1.29 is 32.7 Å². The third kappa shape index (κ3) is 38.3. The van der Waals surface area contributed by atoms with Crippen molar-refractivity contribution >= 4 is 22.0 Å². The Morgan fingerprint density at radius 2 is 0.857 bits per heavy atom. The van der Waals surface area contributed by atoms with E-state index in [1.165, 1.54) is 96.3 Å². The van der Waals surface area contributed by atoms with Gasteiger partial charge in [-0.15, -0.1) is 0 Å². The van der Waals surface area contributed by atoms with Crippen LogP contribution >= 0.6 is 0 Å². The number of unbranched alkanes of at least 4 members (excludes halogenated alkanes) is 24. The van der Waals surface area contributed by atoms with E-state index in [9.17, 15) is 23.2 Å². The van der Waals surface area contributed by atoms with Gasteiger partial charge in [-0.05, 0) is 83.8 Å². The quantitative estimate of drug-likeness (QED) is 0.0367. The van der Waals surface area contributed by atoms with Gasteiger partial charge >= 0.3 is 11.9 Å². The second kappa shape index (κ2) is 40.5. The lowest BCUT2D eigenvalue weighted by molar-refractivity contribution is -0.150. The highest BCUT2D eigenvalue weighted by atomic mass is 32.2. The molecule has 0 heterocycles. The highest BCUT2D eigenvalue weighted by molar-refractivity contribution is 7.88. The Kier molecular flexibility index (Phi) is 39.7. The van der Waals surface area contributed by atoms with Gasteiger partial charge in [-0.25, -0.2) is 8.42 Å². The van der Waals surface area contributed by atoms with E-state index in [2.05, 4.69) is 25.7 Å². The molecule has 0 aliphatic carbocycles. The van der Waals surface area contributed by atoms with Gasteiger partial charge in [-0.1, -0.05) is 166 Å². The molecule has 1 N–H and O–H groups in total. The topological polar surface area (TPSA) is 113 Å². The van der Waals surface area contributed by atoms with Gasteiger partial charge in [0, 0.05) is 19.4 Å². The number of rotatable bonds is 44. The molecular formula is C46H92N2O7S. The average molecular weight is 817 g/mol. The van der Waals surface area contributed by atoms with Crippen LogP contribution in [0.25, 0.3) is 0 Å². The number of hydrogen-bond donors (Lipinski definition) is 1. The average Bonchev–Trinajstić information content (AvgIpc) is 3.16. The fourth-order valence-corrected chi connectivity index (χ4v) is 7.79. The third-order valence-electron chi connectivity index (χ3n) is 11.0. The van der Waals surface area contributed by atoms with Crippen LogP contribution in [0.1, 0.15) is 239 Å². The molecule has 0 amide bonds. The first-order valence-corrected chi connectivity index (χ1v) is 25.7. The van der Waals surface area contributed by atoms with E-state index in [0.29, 0.717) is 30.3 Å². The SMILES string of the molecule is CCCCCCCCCOC(=O)CCCCCCCN(CCCCCCCC(=O)OC(CCCCCCCC)CCCCCCCC)CCCN(O)S(C)(=O)=O. The Hall–Kier alpha value is -1.23. The molecule has 0 rings (SSSR count). The summed E-state index contributed by atoms with van der Waals surface area (Å²) in [4.78, 5) is 27.3. The molecule has 0 saturated carbocycles. The van der Waals surface area contributed by atoms with Crippen molar-refractivity contribution in [3.8, 4) is 0 Å². The lowest BCUT2D eigenvalue weighted by Crippen LogP contribution is -2.32. The second-order valence-electron chi connectivity index (χ2n) is 16.6. The molecule has 0 saturated heterocycles. The maximum absolute atomic E-state index is 12.8. The van der Waals surface area contributed by atoms with Crippen molar-refractivity contribution in [2.24, 2.45) is 0 Å². The number of ether oxygens (including phenoxy) is 2. The van der Waals surface area contributed by atoms with E-state index in [-0.39, 0.29) is 24.6 Å². The van der Waals surface area contributed by atoms with Crippen LogP contribution in [0.15, 0.2) is 0 Å². The molecule has 0 aromatic rings. The predicted molar refractivity (Wildman–Crippen MR) is 235 cm³/mol. The number of hydroxylamine groups is 1. The fraction of sp³-hybridized carbons (Fsp3) is 0.957. The van der Waals surface area contributed by atoms with Crippen LogP contribution in [-0.2, 0) is 29.1 Å². The van der Waals surface area contributed by atoms with Crippen LogP contribution in [0.2, 0.25) is 0 Å². The van der Waals surface area contributed by atoms with E-state index >= 15 is 0 Å². The summed E-state index contributed by atoms with van der Waals surface area (Å²) in [5.41, 5.74) is 0. The van der Waals surface area contributed by atoms with Crippen molar-refractivity contribution in [2.75, 3.05) is 39.0 Å². The minimum Gasteiger partial charge on any atom is -0.466 e. The molecule has 10 heteroatoms. The van der Waals surface area contributed by atoms with Crippen molar-refractivity contribution in [3.63, 3.8) is 0 Å². The fourth-order valence-electron chi connectivity index (χ4n) is 7.33. The largest absolute Gasteiger partial charge is 0.466 e. The minimum atomic E-state index is -3.60. The summed E-state index contributed by atoms with van der Waals surface area (Å²) in [7, 11) is -3.60. The van der Waals surface area contributed by atoms with Gasteiger partial charge in [0.05, 0.1) is 12.9 Å².